The first-order valence-electron chi connectivity index (χ1n) is 7.96. The van der Waals surface area contributed by atoms with Gasteiger partial charge in [0.2, 0.25) is 0 Å². The molecule has 7 heteroatoms. The summed E-state index contributed by atoms with van der Waals surface area (Å²) in [4.78, 5) is 34.1. The van der Waals surface area contributed by atoms with Gasteiger partial charge in [-0.15, -0.1) is 11.3 Å². The number of thiazole rings is 1. The lowest BCUT2D eigenvalue weighted by Crippen LogP contribution is -2.31. The van der Waals surface area contributed by atoms with Crippen molar-refractivity contribution in [3.05, 3.63) is 87.9 Å². The summed E-state index contributed by atoms with van der Waals surface area (Å²) in [5, 5.41) is 4.63. The van der Waals surface area contributed by atoms with E-state index in [0.29, 0.717) is 11.5 Å². The van der Waals surface area contributed by atoms with Crippen molar-refractivity contribution in [3.63, 3.8) is 0 Å². The molecule has 3 aromatic heterocycles. The third kappa shape index (κ3) is 3.00. The van der Waals surface area contributed by atoms with Crippen LogP contribution >= 0.6 is 11.3 Å². The summed E-state index contributed by atoms with van der Waals surface area (Å²) >= 11 is 1.37. The van der Waals surface area contributed by atoms with E-state index in [2.05, 4.69) is 15.3 Å². The number of fused-ring (bicyclic) bond motifs is 1. The van der Waals surface area contributed by atoms with E-state index < -0.39 is 5.91 Å². The fourth-order valence-electron chi connectivity index (χ4n) is 2.64. The van der Waals surface area contributed by atoms with Gasteiger partial charge < -0.3 is 5.32 Å². The van der Waals surface area contributed by atoms with E-state index >= 15 is 0 Å². The Labute approximate surface area is 152 Å². The standard InChI is InChI=1S/C19H14N4O2S/c24-17(21-10-13-6-8-20-9-7-13)15-11-22-19-23(18(15)25)16(12-26-19)14-4-2-1-3-5-14/h1-9,11-12H,10H2,(H,21,24). The molecule has 128 valence electrons. The predicted octanol–water partition coefficient (Wildman–Crippen LogP) is 2.75. The zero-order valence-electron chi connectivity index (χ0n) is 13.6. The lowest BCUT2D eigenvalue weighted by Gasteiger charge is -2.06. The molecule has 1 amide bonds. The van der Waals surface area contributed by atoms with Gasteiger partial charge >= 0.3 is 0 Å². The highest BCUT2D eigenvalue weighted by Gasteiger charge is 2.16. The topological polar surface area (TPSA) is 76.4 Å². The highest BCUT2D eigenvalue weighted by molar-refractivity contribution is 7.15. The number of benzene rings is 1. The molecule has 1 N–H and O–H groups in total. The largest absolute Gasteiger partial charge is 0.348 e. The molecule has 0 atom stereocenters. The second-order valence-corrected chi connectivity index (χ2v) is 6.46. The minimum atomic E-state index is -0.445. The molecular weight excluding hydrogens is 348 g/mol. The fraction of sp³-hybridized carbons (Fsp3) is 0.0526. The van der Waals surface area contributed by atoms with Gasteiger partial charge in [0.25, 0.3) is 11.5 Å². The zero-order valence-corrected chi connectivity index (χ0v) is 14.4. The Morgan fingerprint density at radius 2 is 1.88 bits per heavy atom. The first-order valence-corrected chi connectivity index (χ1v) is 8.84. The van der Waals surface area contributed by atoms with Gasteiger partial charge in [0.15, 0.2) is 4.96 Å². The quantitative estimate of drug-likeness (QED) is 0.606. The number of amides is 1. The number of rotatable bonds is 4. The normalized spacial score (nSPS) is 10.8. The molecule has 0 spiro atoms. The Morgan fingerprint density at radius 1 is 1.12 bits per heavy atom. The Bertz CT molecular complexity index is 1120. The van der Waals surface area contributed by atoms with Gasteiger partial charge in [-0.1, -0.05) is 30.3 Å². The predicted molar refractivity (Wildman–Crippen MR) is 100 cm³/mol. The number of nitrogens with zero attached hydrogens (tertiary/aromatic N) is 3. The molecule has 0 bridgehead atoms. The lowest BCUT2D eigenvalue weighted by atomic mass is 10.2. The number of nitrogens with one attached hydrogen (secondary N) is 1. The lowest BCUT2D eigenvalue weighted by molar-refractivity contribution is 0.0949. The molecule has 3 heterocycles. The summed E-state index contributed by atoms with van der Waals surface area (Å²) in [5.41, 5.74) is 2.18. The van der Waals surface area contributed by atoms with Gasteiger partial charge in [-0.05, 0) is 23.3 Å². The maximum absolute atomic E-state index is 12.9. The molecule has 0 fully saturated rings. The number of hydrogen-bond donors (Lipinski definition) is 1. The summed E-state index contributed by atoms with van der Waals surface area (Å²) < 4.78 is 1.49. The van der Waals surface area contributed by atoms with Crippen molar-refractivity contribution in [3.8, 4) is 11.3 Å². The SMILES string of the molecule is O=C(NCc1ccncc1)c1cnc2scc(-c3ccccc3)n2c1=O. The fourth-order valence-corrected chi connectivity index (χ4v) is 3.50. The van der Waals surface area contributed by atoms with Crippen molar-refractivity contribution in [2.45, 2.75) is 6.54 Å². The summed E-state index contributed by atoms with van der Waals surface area (Å²) in [5.74, 6) is -0.445. The van der Waals surface area contributed by atoms with E-state index in [4.69, 9.17) is 0 Å². The molecular formula is C19H14N4O2S. The molecule has 0 saturated carbocycles. The van der Waals surface area contributed by atoms with Crippen LogP contribution in [0.1, 0.15) is 15.9 Å². The monoisotopic (exact) mass is 362 g/mol. The molecule has 26 heavy (non-hydrogen) atoms. The number of carbonyl (C=O) groups excluding carboxylic acids is 1. The summed E-state index contributed by atoms with van der Waals surface area (Å²) in [6.07, 6.45) is 4.65. The average Bonchev–Trinajstić information content (AvgIpc) is 3.13. The molecule has 0 saturated heterocycles. The second kappa shape index (κ2) is 6.89. The summed E-state index contributed by atoms with van der Waals surface area (Å²) in [7, 11) is 0. The van der Waals surface area contributed by atoms with Gasteiger partial charge in [-0.3, -0.25) is 19.0 Å². The Morgan fingerprint density at radius 3 is 2.65 bits per heavy atom. The third-order valence-electron chi connectivity index (χ3n) is 3.96. The van der Waals surface area contributed by atoms with E-state index in [-0.39, 0.29) is 11.1 Å². The highest BCUT2D eigenvalue weighted by atomic mass is 32.1. The average molecular weight is 362 g/mol. The summed E-state index contributed by atoms with van der Waals surface area (Å²) in [6, 6.07) is 13.2. The number of pyridine rings is 1. The van der Waals surface area contributed by atoms with Gasteiger partial charge in [0.1, 0.15) is 5.56 Å². The van der Waals surface area contributed by atoms with Gasteiger partial charge in [0, 0.05) is 30.5 Å². The number of hydrogen-bond acceptors (Lipinski definition) is 5. The minimum Gasteiger partial charge on any atom is -0.348 e. The first-order chi connectivity index (χ1) is 12.7. The van der Waals surface area contributed by atoms with Crippen molar-refractivity contribution in [2.75, 3.05) is 0 Å². The summed E-state index contributed by atoms with van der Waals surface area (Å²) in [6.45, 7) is 0.318. The van der Waals surface area contributed by atoms with Crippen LogP contribution < -0.4 is 10.9 Å². The van der Waals surface area contributed by atoms with Crippen LogP contribution in [0.3, 0.4) is 0 Å². The van der Waals surface area contributed by atoms with Crippen LogP contribution in [0, 0.1) is 0 Å². The van der Waals surface area contributed by atoms with Crippen LogP contribution in [0.4, 0.5) is 0 Å². The van der Waals surface area contributed by atoms with Gasteiger partial charge in [-0.25, -0.2) is 4.98 Å². The molecule has 4 rings (SSSR count). The van der Waals surface area contributed by atoms with Crippen molar-refractivity contribution in [1.82, 2.24) is 19.7 Å². The number of aromatic nitrogens is 3. The molecule has 4 aromatic rings. The van der Waals surface area contributed by atoms with Crippen molar-refractivity contribution < 1.29 is 4.79 Å². The number of carbonyl (C=O) groups is 1. The van der Waals surface area contributed by atoms with Crippen molar-refractivity contribution in [2.24, 2.45) is 0 Å². The maximum atomic E-state index is 12.9. The molecule has 0 radical (unpaired) electrons. The molecule has 0 aliphatic rings. The van der Waals surface area contributed by atoms with Crippen LogP contribution in [0.25, 0.3) is 16.2 Å². The van der Waals surface area contributed by atoms with Gasteiger partial charge in [0.05, 0.1) is 5.69 Å². The minimum absolute atomic E-state index is 0.0205. The molecule has 0 unspecified atom stereocenters. The van der Waals surface area contributed by atoms with Crippen LogP contribution in [0.2, 0.25) is 0 Å². The Balaban J connectivity index is 1.69. The highest BCUT2D eigenvalue weighted by Crippen LogP contribution is 2.23. The maximum Gasteiger partial charge on any atom is 0.271 e. The van der Waals surface area contributed by atoms with E-state index in [0.717, 1.165) is 16.8 Å². The zero-order chi connectivity index (χ0) is 17.9. The van der Waals surface area contributed by atoms with Crippen LogP contribution in [-0.4, -0.2) is 20.3 Å². The molecule has 0 aliphatic heterocycles. The molecule has 0 aliphatic carbocycles. The van der Waals surface area contributed by atoms with Gasteiger partial charge in [-0.2, -0.15) is 0 Å². The smallest absolute Gasteiger partial charge is 0.271 e. The van der Waals surface area contributed by atoms with E-state index in [1.807, 2.05) is 35.7 Å². The van der Waals surface area contributed by atoms with Crippen molar-refractivity contribution >= 4 is 22.2 Å². The van der Waals surface area contributed by atoms with Crippen molar-refractivity contribution in [1.29, 1.82) is 0 Å². The Hall–Kier alpha value is -3.32. The van der Waals surface area contributed by atoms with E-state index in [9.17, 15) is 9.59 Å². The Kier molecular flexibility index (Phi) is 4.28. The molecule has 6 nitrogen and oxygen atoms in total. The van der Waals surface area contributed by atoms with Crippen LogP contribution in [0.15, 0.2) is 71.2 Å². The van der Waals surface area contributed by atoms with E-state index in [1.165, 1.54) is 21.9 Å². The van der Waals surface area contributed by atoms with Crippen LogP contribution in [-0.2, 0) is 6.54 Å². The first kappa shape index (κ1) is 16.2. The molecule has 1 aromatic carbocycles. The van der Waals surface area contributed by atoms with E-state index in [1.54, 1.807) is 24.5 Å². The van der Waals surface area contributed by atoms with Crippen LogP contribution in [0.5, 0.6) is 0 Å². The third-order valence-corrected chi connectivity index (χ3v) is 4.80. The second-order valence-electron chi connectivity index (χ2n) is 5.62.